The maximum absolute atomic E-state index is 13.3. The van der Waals surface area contributed by atoms with Gasteiger partial charge in [-0.1, -0.05) is 48.5 Å². The van der Waals surface area contributed by atoms with Gasteiger partial charge >= 0.3 is 5.97 Å². The average molecular weight is 426 g/mol. The number of carboxylic acid groups (broad SMARTS) is 1. The van der Waals surface area contributed by atoms with Crippen molar-refractivity contribution in [1.82, 2.24) is 9.88 Å². The van der Waals surface area contributed by atoms with Gasteiger partial charge in [-0.25, -0.2) is 0 Å². The number of aliphatic carboxylic acids is 1. The summed E-state index contributed by atoms with van der Waals surface area (Å²) in [7, 11) is 1.63. The van der Waals surface area contributed by atoms with Gasteiger partial charge in [0.15, 0.2) is 0 Å². The summed E-state index contributed by atoms with van der Waals surface area (Å²) in [4.78, 5) is 29.9. The van der Waals surface area contributed by atoms with Crippen LogP contribution in [0.1, 0.15) is 33.9 Å². The number of carbonyl (C=O) groups excluding carboxylic acids is 1. The zero-order chi connectivity index (χ0) is 22.2. The highest BCUT2D eigenvalue weighted by Gasteiger charge is 2.40. The maximum atomic E-state index is 13.3. The van der Waals surface area contributed by atoms with E-state index in [1.807, 2.05) is 72.8 Å². The van der Waals surface area contributed by atoms with Crippen LogP contribution in [0, 0.1) is 0 Å². The van der Waals surface area contributed by atoms with Crippen molar-refractivity contribution in [3.05, 3.63) is 89.5 Å². The Morgan fingerprint density at radius 2 is 1.84 bits per heavy atom. The number of rotatable bonds is 6. The molecule has 32 heavy (non-hydrogen) atoms. The number of fused-ring (bicyclic) bond motifs is 2. The molecule has 1 atom stereocenters. The number of H-pyrrole nitrogens is 1. The van der Waals surface area contributed by atoms with E-state index in [9.17, 15) is 14.7 Å². The Bertz CT molecular complexity index is 1340. The van der Waals surface area contributed by atoms with Gasteiger partial charge in [-0.3, -0.25) is 9.59 Å². The van der Waals surface area contributed by atoms with Crippen molar-refractivity contribution in [3.8, 4) is 17.0 Å². The van der Waals surface area contributed by atoms with Gasteiger partial charge in [-0.05, 0) is 29.8 Å². The van der Waals surface area contributed by atoms with Gasteiger partial charge < -0.3 is 19.7 Å². The Morgan fingerprint density at radius 1 is 1.06 bits per heavy atom. The van der Waals surface area contributed by atoms with E-state index in [1.165, 1.54) is 0 Å². The second-order valence-corrected chi connectivity index (χ2v) is 7.82. The SMILES string of the molecule is COc1cccc(-c2[nH]c3ccccc3c2C2c3ccccc3C(=O)N2CCC(=O)O)c1. The summed E-state index contributed by atoms with van der Waals surface area (Å²) in [5.41, 5.74) is 5.24. The summed E-state index contributed by atoms with van der Waals surface area (Å²) in [5.74, 6) is -0.342. The van der Waals surface area contributed by atoms with Crippen LogP contribution in [0.3, 0.4) is 0 Å². The highest BCUT2D eigenvalue weighted by Crippen LogP contribution is 2.45. The molecule has 0 bridgehead atoms. The molecule has 1 aliphatic rings. The number of para-hydroxylation sites is 1. The first kappa shape index (κ1) is 19.9. The molecule has 160 valence electrons. The van der Waals surface area contributed by atoms with Crippen LogP contribution >= 0.6 is 0 Å². The number of ether oxygens (including phenoxy) is 1. The molecule has 6 heteroatoms. The van der Waals surface area contributed by atoms with Gasteiger partial charge in [-0.2, -0.15) is 0 Å². The van der Waals surface area contributed by atoms with Crippen LogP contribution in [0.4, 0.5) is 0 Å². The van der Waals surface area contributed by atoms with Crippen LogP contribution < -0.4 is 4.74 Å². The third-order valence-corrected chi connectivity index (χ3v) is 6.00. The van der Waals surface area contributed by atoms with E-state index in [0.717, 1.165) is 39.0 Å². The zero-order valence-electron chi connectivity index (χ0n) is 17.5. The molecular formula is C26H22N2O4. The summed E-state index contributed by atoms with van der Waals surface area (Å²) >= 11 is 0. The Balaban J connectivity index is 1.76. The quantitative estimate of drug-likeness (QED) is 0.461. The van der Waals surface area contributed by atoms with E-state index in [4.69, 9.17) is 4.74 Å². The number of hydrogen-bond acceptors (Lipinski definition) is 3. The van der Waals surface area contributed by atoms with Gasteiger partial charge in [0.2, 0.25) is 0 Å². The highest BCUT2D eigenvalue weighted by molar-refractivity contribution is 6.02. The number of aromatic amines is 1. The third-order valence-electron chi connectivity index (χ3n) is 6.00. The van der Waals surface area contributed by atoms with Gasteiger partial charge in [-0.15, -0.1) is 0 Å². The summed E-state index contributed by atoms with van der Waals surface area (Å²) < 4.78 is 5.43. The second-order valence-electron chi connectivity index (χ2n) is 7.82. The predicted octanol–water partition coefficient (Wildman–Crippen LogP) is 4.86. The van der Waals surface area contributed by atoms with Crippen LogP contribution in [0.2, 0.25) is 0 Å². The molecule has 1 amide bonds. The van der Waals surface area contributed by atoms with Crippen molar-refractivity contribution in [2.45, 2.75) is 12.5 Å². The molecule has 0 aliphatic carbocycles. The number of aromatic nitrogens is 1. The van der Waals surface area contributed by atoms with E-state index < -0.39 is 12.0 Å². The Kier molecular flexibility index (Phi) is 4.90. The second kappa shape index (κ2) is 7.89. The van der Waals surface area contributed by atoms with Gasteiger partial charge in [0, 0.05) is 34.1 Å². The number of nitrogens with one attached hydrogen (secondary N) is 1. The fourth-order valence-corrected chi connectivity index (χ4v) is 4.58. The van der Waals surface area contributed by atoms with Crippen molar-refractivity contribution in [3.63, 3.8) is 0 Å². The zero-order valence-corrected chi connectivity index (χ0v) is 17.5. The molecule has 1 aromatic heterocycles. The monoisotopic (exact) mass is 426 g/mol. The summed E-state index contributed by atoms with van der Waals surface area (Å²) in [6.45, 7) is 0.130. The molecule has 2 heterocycles. The van der Waals surface area contributed by atoms with E-state index in [0.29, 0.717) is 5.56 Å². The first-order valence-electron chi connectivity index (χ1n) is 10.4. The molecule has 0 spiro atoms. The molecule has 0 saturated heterocycles. The molecule has 5 rings (SSSR count). The number of amides is 1. The highest BCUT2D eigenvalue weighted by atomic mass is 16.5. The van der Waals surface area contributed by atoms with Gasteiger partial charge in [0.25, 0.3) is 5.91 Å². The molecular weight excluding hydrogens is 404 g/mol. The van der Waals surface area contributed by atoms with E-state index >= 15 is 0 Å². The molecule has 1 aliphatic heterocycles. The molecule has 1 unspecified atom stereocenters. The van der Waals surface area contributed by atoms with Gasteiger partial charge in [0.05, 0.1) is 25.3 Å². The van der Waals surface area contributed by atoms with Crippen molar-refractivity contribution in [1.29, 1.82) is 0 Å². The van der Waals surface area contributed by atoms with Crippen molar-refractivity contribution in [2.75, 3.05) is 13.7 Å². The number of carboxylic acids is 1. The van der Waals surface area contributed by atoms with E-state index in [-0.39, 0.29) is 18.9 Å². The Morgan fingerprint density at radius 3 is 2.66 bits per heavy atom. The minimum Gasteiger partial charge on any atom is -0.497 e. The first-order chi connectivity index (χ1) is 15.6. The van der Waals surface area contributed by atoms with Crippen molar-refractivity contribution < 1.29 is 19.4 Å². The maximum Gasteiger partial charge on any atom is 0.305 e. The lowest BCUT2D eigenvalue weighted by molar-refractivity contribution is -0.137. The Hall–Kier alpha value is -4.06. The lowest BCUT2D eigenvalue weighted by Gasteiger charge is -2.26. The van der Waals surface area contributed by atoms with Crippen molar-refractivity contribution >= 4 is 22.8 Å². The van der Waals surface area contributed by atoms with Crippen LogP contribution in [-0.2, 0) is 4.79 Å². The normalized spacial score (nSPS) is 15.2. The fourth-order valence-electron chi connectivity index (χ4n) is 4.58. The largest absolute Gasteiger partial charge is 0.497 e. The average Bonchev–Trinajstić information content (AvgIpc) is 3.33. The van der Waals surface area contributed by atoms with Crippen LogP contribution in [0.5, 0.6) is 5.75 Å². The third kappa shape index (κ3) is 3.21. The molecule has 0 radical (unpaired) electrons. The lowest BCUT2D eigenvalue weighted by atomic mass is 9.93. The first-order valence-corrected chi connectivity index (χ1v) is 10.4. The van der Waals surface area contributed by atoms with E-state index in [1.54, 1.807) is 12.0 Å². The standard InChI is InChI=1S/C26H22N2O4/c1-32-17-8-6-7-16(15-17)24-23(20-11-4-5-12-21(20)27-24)25-18-9-2-3-10-19(18)26(31)28(25)14-13-22(29)30/h2-12,15,25,27H,13-14H2,1H3,(H,29,30). The van der Waals surface area contributed by atoms with Gasteiger partial charge in [0.1, 0.15) is 5.75 Å². The minimum atomic E-state index is -0.931. The molecule has 2 N–H and O–H groups in total. The number of nitrogens with zero attached hydrogens (tertiary/aromatic N) is 1. The minimum absolute atomic E-state index is 0.118. The Labute approximate surface area is 185 Å². The van der Waals surface area contributed by atoms with Crippen LogP contribution in [-0.4, -0.2) is 40.5 Å². The fraction of sp³-hybridized carbons (Fsp3) is 0.154. The molecule has 6 nitrogen and oxygen atoms in total. The summed E-state index contributed by atoms with van der Waals surface area (Å²) in [6, 6.07) is 22.9. The number of benzene rings is 3. The molecule has 0 fully saturated rings. The molecule has 0 saturated carbocycles. The molecule has 3 aromatic carbocycles. The smallest absolute Gasteiger partial charge is 0.305 e. The van der Waals surface area contributed by atoms with Crippen molar-refractivity contribution in [2.24, 2.45) is 0 Å². The summed E-state index contributed by atoms with van der Waals surface area (Å²) in [6.07, 6.45) is -0.118. The topological polar surface area (TPSA) is 82.6 Å². The van der Waals surface area contributed by atoms with E-state index in [2.05, 4.69) is 4.98 Å². The van der Waals surface area contributed by atoms with Crippen LogP contribution in [0.15, 0.2) is 72.8 Å². The predicted molar refractivity (Wildman–Crippen MR) is 122 cm³/mol. The lowest BCUT2D eigenvalue weighted by Crippen LogP contribution is -2.31. The summed E-state index contributed by atoms with van der Waals surface area (Å²) in [5, 5.41) is 10.3. The number of hydrogen-bond donors (Lipinski definition) is 2. The van der Waals surface area contributed by atoms with Crippen LogP contribution in [0.25, 0.3) is 22.2 Å². The number of carbonyl (C=O) groups is 2. The number of methoxy groups -OCH3 is 1. The molecule has 4 aromatic rings.